The van der Waals surface area contributed by atoms with Crippen LogP contribution < -0.4 is 10.1 Å². The second-order valence-electron chi connectivity index (χ2n) is 6.10. The number of ether oxygens (including phenoxy) is 1. The van der Waals surface area contributed by atoms with Gasteiger partial charge in [-0.15, -0.1) is 0 Å². The van der Waals surface area contributed by atoms with Crippen LogP contribution in [0.5, 0.6) is 5.75 Å². The molecule has 0 fully saturated rings. The van der Waals surface area contributed by atoms with Crippen LogP contribution in [-0.2, 0) is 11.2 Å². The second-order valence-corrected chi connectivity index (χ2v) is 7.66. The maximum absolute atomic E-state index is 13.1. The first-order chi connectivity index (χ1) is 13.1. The van der Waals surface area contributed by atoms with Gasteiger partial charge in [0.2, 0.25) is 0 Å². The lowest BCUT2D eigenvalue weighted by Gasteiger charge is -2.15. The fraction of sp³-hybridized carbons (Fsp3) is 0.0952. The van der Waals surface area contributed by atoms with Crippen molar-refractivity contribution < 1.29 is 13.9 Å². The number of para-hydroxylation sites is 1. The van der Waals surface area contributed by atoms with E-state index < -0.39 is 6.10 Å². The van der Waals surface area contributed by atoms with Crippen molar-refractivity contribution in [3.05, 3.63) is 83.1 Å². The van der Waals surface area contributed by atoms with Gasteiger partial charge in [0.25, 0.3) is 5.91 Å². The highest BCUT2D eigenvalue weighted by Gasteiger charge is 2.29. The van der Waals surface area contributed by atoms with Crippen LogP contribution in [0.15, 0.2) is 76.5 Å². The van der Waals surface area contributed by atoms with Gasteiger partial charge in [-0.3, -0.25) is 4.79 Å². The summed E-state index contributed by atoms with van der Waals surface area (Å²) in [5, 5.41) is 3.43. The minimum Gasteiger partial charge on any atom is -0.480 e. The number of halogens is 2. The van der Waals surface area contributed by atoms with Gasteiger partial charge in [0.05, 0.1) is 5.69 Å². The molecule has 1 heterocycles. The van der Waals surface area contributed by atoms with Gasteiger partial charge in [-0.05, 0) is 54.1 Å². The van der Waals surface area contributed by atoms with E-state index in [2.05, 4.69) is 5.32 Å². The lowest BCUT2D eigenvalue weighted by Crippen LogP contribution is -2.31. The molecule has 0 radical (unpaired) electrons. The number of nitrogens with one attached hydrogen (secondary N) is 1. The molecule has 0 saturated carbocycles. The average molecular weight is 400 g/mol. The minimum atomic E-state index is -0.579. The van der Waals surface area contributed by atoms with Crippen molar-refractivity contribution in [2.75, 3.05) is 5.32 Å². The molecule has 0 bridgehead atoms. The molecule has 27 heavy (non-hydrogen) atoms. The number of hydrogen-bond donors (Lipinski definition) is 1. The molecule has 6 heteroatoms. The fourth-order valence-electron chi connectivity index (χ4n) is 2.86. The molecule has 3 aromatic rings. The number of carbonyl (C=O) groups is 1. The lowest BCUT2D eigenvalue weighted by atomic mass is 10.1. The van der Waals surface area contributed by atoms with E-state index in [9.17, 15) is 9.18 Å². The van der Waals surface area contributed by atoms with E-state index in [1.165, 1.54) is 23.9 Å². The Hall–Kier alpha value is -2.50. The van der Waals surface area contributed by atoms with Crippen LogP contribution in [0.4, 0.5) is 10.1 Å². The maximum Gasteiger partial charge on any atom is 0.265 e. The molecular weight excluding hydrogens is 385 g/mol. The summed E-state index contributed by atoms with van der Waals surface area (Å²) in [7, 11) is 0. The van der Waals surface area contributed by atoms with Crippen molar-refractivity contribution >= 4 is 35.0 Å². The number of amides is 1. The molecule has 1 amide bonds. The maximum atomic E-state index is 13.1. The number of benzene rings is 3. The van der Waals surface area contributed by atoms with Crippen LogP contribution in [0.25, 0.3) is 0 Å². The predicted octanol–water partition coefficient (Wildman–Crippen LogP) is 5.57. The van der Waals surface area contributed by atoms with E-state index in [1.54, 1.807) is 24.3 Å². The molecule has 0 aromatic heterocycles. The van der Waals surface area contributed by atoms with Crippen LogP contribution in [0.3, 0.4) is 0 Å². The topological polar surface area (TPSA) is 38.3 Å². The van der Waals surface area contributed by atoms with Gasteiger partial charge in [0, 0.05) is 21.2 Å². The Morgan fingerprint density at radius 2 is 1.89 bits per heavy atom. The van der Waals surface area contributed by atoms with Gasteiger partial charge < -0.3 is 10.1 Å². The Bertz CT molecular complexity index is 969. The first kappa shape index (κ1) is 17.9. The summed E-state index contributed by atoms with van der Waals surface area (Å²) in [6, 6.07) is 19.1. The van der Waals surface area contributed by atoms with Crippen molar-refractivity contribution in [1.82, 2.24) is 0 Å². The van der Waals surface area contributed by atoms with Crippen LogP contribution in [0.1, 0.15) is 5.56 Å². The summed E-state index contributed by atoms with van der Waals surface area (Å²) in [5.74, 6) is 0.223. The van der Waals surface area contributed by atoms with E-state index in [1.807, 2.05) is 30.3 Å². The monoisotopic (exact) mass is 399 g/mol. The molecule has 0 saturated heterocycles. The fourth-order valence-corrected chi connectivity index (χ4v) is 3.91. The second kappa shape index (κ2) is 7.62. The van der Waals surface area contributed by atoms with E-state index in [-0.39, 0.29) is 11.7 Å². The normalized spacial score (nSPS) is 15.1. The van der Waals surface area contributed by atoms with Gasteiger partial charge in [0.15, 0.2) is 6.10 Å². The van der Waals surface area contributed by atoms with Crippen molar-refractivity contribution in [3.63, 3.8) is 0 Å². The van der Waals surface area contributed by atoms with Crippen LogP contribution in [-0.4, -0.2) is 12.0 Å². The van der Waals surface area contributed by atoms with Gasteiger partial charge in [-0.1, -0.05) is 41.6 Å². The van der Waals surface area contributed by atoms with E-state index in [4.69, 9.17) is 16.3 Å². The number of carbonyl (C=O) groups excluding carboxylic acids is 1. The SMILES string of the molecule is O=C(Nc1cc(Cl)ccc1Sc1ccc(F)cc1)C1Cc2ccccc2O1. The van der Waals surface area contributed by atoms with Crippen LogP contribution >= 0.6 is 23.4 Å². The van der Waals surface area contributed by atoms with Gasteiger partial charge in [-0.25, -0.2) is 4.39 Å². The van der Waals surface area contributed by atoms with E-state index in [0.717, 1.165) is 21.1 Å². The lowest BCUT2D eigenvalue weighted by molar-refractivity contribution is -0.122. The Kier molecular flexibility index (Phi) is 5.05. The summed E-state index contributed by atoms with van der Waals surface area (Å²) in [6.45, 7) is 0. The molecule has 3 aromatic carbocycles. The molecule has 1 atom stereocenters. The Balaban J connectivity index is 1.52. The van der Waals surface area contributed by atoms with Crippen LogP contribution in [0, 0.1) is 5.82 Å². The molecule has 1 N–H and O–H groups in total. The standard InChI is InChI=1S/C21H15ClFNO2S/c22-14-5-10-20(27-16-8-6-15(23)7-9-16)17(12-14)24-21(25)19-11-13-3-1-2-4-18(13)26-19/h1-10,12,19H,11H2,(H,24,25). The summed E-state index contributed by atoms with van der Waals surface area (Å²) in [4.78, 5) is 14.4. The molecule has 0 aliphatic carbocycles. The Labute approximate surface area is 165 Å². The molecule has 1 unspecified atom stereocenters. The minimum absolute atomic E-state index is 0.227. The summed E-state index contributed by atoms with van der Waals surface area (Å²) in [5.41, 5.74) is 1.62. The highest BCUT2D eigenvalue weighted by atomic mass is 35.5. The summed E-state index contributed by atoms with van der Waals surface area (Å²) < 4.78 is 18.9. The van der Waals surface area contributed by atoms with Crippen molar-refractivity contribution in [2.24, 2.45) is 0 Å². The van der Waals surface area contributed by atoms with Gasteiger partial charge in [0.1, 0.15) is 11.6 Å². The van der Waals surface area contributed by atoms with E-state index >= 15 is 0 Å². The molecule has 3 nitrogen and oxygen atoms in total. The zero-order chi connectivity index (χ0) is 18.8. The summed E-state index contributed by atoms with van der Waals surface area (Å²) in [6.07, 6.45) is -0.0479. The van der Waals surface area contributed by atoms with Crippen LogP contribution in [0.2, 0.25) is 5.02 Å². The van der Waals surface area contributed by atoms with Crippen molar-refractivity contribution in [1.29, 1.82) is 0 Å². The molecule has 4 rings (SSSR count). The first-order valence-corrected chi connectivity index (χ1v) is 9.56. The van der Waals surface area contributed by atoms with Crippen molar-refractivity contribution in [2.45, 2.75) is 22.3 Å². The van der Waals surface area contributed by atoms with Gasteiger partial charge >= 0.3 is 0 Å². The summed E-state index contributed by atoms with van der Waals surface area (Å²) >= 11 is 7.54. The molecule has 1 aliphatic heterocycles. The molecule has 0 spiro atoms. The predicted molar refractivity (Wildman–Crippen MR) is 105 cm³/mol. The number of fused-ring (bicyclic) bond motifs is 1. The number of rotatable bonds is 4. The third kappa shape index (κ3) is 4.10. The van der Waals surface area contributed by atoms with Gasteiger partial charge in [-0.2, -0.15) is 0 Å². The molecular formula is C21H15ClFNO2S. The molecule has 1 aliphatic rings. The third-order valence-corrected chi connectivity index (χ3v) is 5.50. The highest BCUT2D eigenvalue weighted by molar-refractivity contribution is 7.99. The molecule has 136 valence electrons. The number of anilines is 1. The third-order valence-electron chi connectivity index (χ3n) is 4.18. The number of hydrogen-bond acceptors (Lipinski definition) is 3. The smallest absolute Gasteiger partial charge is 0.265 e. The average Bonchev–Trinajstić information content (AvgIpc) is 3.10. The Morgan fingerprint density at radius 3 is 2.67 bits per heavy atom. The quantitative estimate of drug-likeness (QED) is 0.623. The van der Waals surface area contributed by atoms with Crippen molar-refractivity contribution in [3.8, 4) is 5.75 Å². The first-order valence-electron chi connectivity index (χ1n) is 8.37. The zero-order valence-corrected chi connectivity index (χ0v) is 15.7. The largest absolute Gasteiger partial charge is 0.480 e. The van der Waals surface area contributed by atoms with E-state index in [0.29, 0.717) is 17.1 Å². The zero-order valence-electron chi connectivity index (χ0n) is 14.1. The highest BCUT2D eigenvalue weighted by Crippen LogP contribution is 2.36. The Morgan fingerprint density at radius 1 is 1.11 bits per heavy atom.